The molecule has 0 aliphatic carbocycles. The van der Waals surface area contributed by atoms with Crippen LogP contribution in [-0.4, -0.2) is 18.5 Å². The van der Waals surface area contributed by atoms with Crippen molar-refractivity contribution in [3.05, 3.63) is 74.3 Å². The first-order chi connectivity index (χ1) is 12.9. The lowest BCUT2D eigenvalue weighted by atomic mass is 10.2. The van der Waals surface area contributed by atoms with Gasteiger partial charge in [0.2, 0.25) is 0 Å². The number of rotatable bonds is 5. The van der Waals surface area contributed by atoms with Crippen LogP contribution in [0.2, 0.25) is 5.02 Å². The van der Waals surface area contributed by atoms with E-state index < -0.39 is 11.9 Å². The molecule has 0 radical (unpaired) electrons. The first-order valence-electron chi connectivity index (χ1n) is 7.76. The van der Waals surface area contributed by atoms with Crippen molar-refractivity contribution in [2.24, 2.45) is 0 Å². The monoisotopic (exact) mass is 510 g/mol. The molecule has 0 aromatic heterocycles. The summed E-state index contributed by atoms with van der Waals surface area (Å²) in [6.07, 6.45) is 3.25. The van der Waals surface area contributed by atoms with E-state index in [4.69, 9.17) is 16.3 Å². The molecule has 2 aromatic carbocycles. The van der Waals surface area contributed by atoms with Gasteiger partial charge >= 0.3 is 6.03 Å². The van der Waals surface area contributed by atoms with Crippen molar-refractivity contribution in [3.63, 3.8) is 0 Å². The van der Waals surface area contributed by atoms with Crippen molar-refractivity contribution in [3.8, 4) is 5.75 Å². The van der Waals surface area contributed by atoms with Crippen LogP contribution in [-0.2, 0) is 4.79 Å². The van der Waals surface area contributed by atoms with E-state index in [9.17, 15) is 9.59 Å². The summed E-state index contributed by atoms with van der Waals surface area (Å²) in [6, 6.07) is 9.53. The predicted molar refractivity (Wildman–Crippen MR) is 113 cm³/mol. The SMILES string of the molecule is C=CCOc1c(Br)cc(/C=C2\NC(=O)N(c3ccc(Cl)cc3)C2=O)cc1Br. The molecule has 3 amide bonds. The van der Waals surface area contributed by atoms with Crippen molar-refractivity contribution in [1.82, 2.24) is 5.32 Å². The summed E-state index contributed by atoms with van der Waals surface area (Å²) < 4.78 is 6.99. The molecule has 0 saturated carbocycles. The highest BCUT2D eigenvalue weighted by Gasteiger charge is 2.34. The number of carbonyl (C=O) groups is 2. The maximum atomic E-state index is 12.7. The second-order valence-electron chi connectivity index (χ2n) is 5.52. The molecule has 138 valence electrons. The van der Waals surface area contributed by atoms with E-state index in [1.165, 1.54) is 0 Å². The lowest BCUT2D eigenvalue weighted by Crippen LogP contribution is -2.30. The third-order valence-electron chi connectivity index (χ3n) is 3.64. The molecule has 1 fully saturated rings. The molecule has 5 nitrogen and oxygen atoms in total. The summed E-state index contributed by atoms with van der Waals surface area (Å²) in [5.41, 5.74) is 1.33. The van der Waals surface area contributed by atoms with Crippen LogP contribution in [0, 0.1) is 0 Å². The molecule has 1 aliphatic rings. The number of nitrogens with one attached hydrogen (secondary N) is 1. The number of hydrogen-bond acceptors (Lipinski definition) is 3. The zero-order valence-corrected chi connectivity index (χ0v) is 17.8. The van der Waals surface area contributed by atoms with E-state index in [-0.39, 0.29) is 5.70 Å². The van der Waals surface area contributed by atoms with Gasteiger partial charge in [0.05, 0.1) is 14.6 Å². The zero-order valence-electron chi connectivity index (χ0n) is 13.8. The van der Waals surface area contributed by atoms with Crippen LogP contribution in [0.3, 0.4) is 0 Å². The standard InChI is InChI=1S/C19H13Br2ClN2O3/c1-2-7-27-17-14(20)8-11(9-15(17)21)10-16-18(25)24(19(26)23-16)13-5-3-12(22)4-6-13/h2-6,8-10H,1,7H2,(H,23,26)/b16-10-. The molecule has 0 bridgehead atoms. The minimum atomic E-state index is -0.516. The maximum absolute atomic E-state index is 12.7. The number of imide groups is 1. The Hall–Kier alpha value is -2.09. The van der Waals surface area contributed by atoms with Crippen LogP contribution in [0.4, 0.5) is 10.5 Å². The molecule has 1 saturated heterocycles. The topological polar surface area (TPSA) is 58.6 Å². The number of ether oxygens (including phenoxy) is 1. The van der Waals surface area contributed by atoms with Crippen molar-refractivity contribution in [2.75, 3.05) is 11.5 Å². The van der Waals surface area contributed by atoms with Gasteiger partial charge in [0, 0.05) is 5.02 Å². The van der Waals surface area contributed by atoms with Crippen molar-refractivity contribution in [2.45, 2.75) is 0 Å². The average molecular weight is 513 g/mol. The Morgan fingerprint density at radius 3 is 2.37 bits per heavy atom. The lowest BCUT2D eigenvalue weighted by molar-refractivity contribution is -0.113. The fourth-order valence-corrected chi connectivity index (χ4v) is 4.05. The van der Waals surface area contributed by atoms with Gasteiger partial charge in [-0.3, -0.25) is 4.79 Å². The van der Waals surface area contributed by atoms with E-state index in [1.807, 2.05) is 0 Å². The van der Waals surface area contributed by atoms with Gasteiger partial charge in [0.15, 0.2) is 0 Å². The number of carbonyl (C=O) groups excluding carboxylic acids is 2. The number of urea groups is 1. The Morgan fingerprint density at radius 1 is 1.15 bits per heavy atom. The smallest absolute Gasteiger partial charge is 0.333 e. The van der Waals surface area contributed by atoms with Crippen LogP contribution < -0.4 is 15.0 Å². The summed E-state index contributed by atoms with van der Waals surface area (Å²) in [6.45, 7) is 3.98. The fraction of sp³-hybridized carbons (Fsp3) is 0.0526. The zero-order chi connectivity index (χ0) is 19.6. The first kappa shape index (κ1) is 19.7. The van der Waals surface area contributed by atoms with Crippen LogP contribution in [0.1, 0.15) is 5.56 Å². The van der Waals surface area contributed by atoms with Gasteiger partial charge in [-0.15, -0.1) is 0 Å². The molecule has 0 unspecified atom stereocenters. The van der Waals surface area contributed by atoms with Crippen LogP contribution in [0.25, 0.3) is 6.08 Å². The number of amides is 3. The predicted octanol–water partition coefficient (Wildman–Crippen LogP) is 5.53. The van der Waals surface area contributed by atoms with Crippen LogP contribution in [0.15, 0.2) is 63.7 Å². The van der Waals surface area contributed by atoms with E-state index in [0.29, 0.717) is 37.6 Å². The molecule has 0 spiro atoms. The number of benzene rings is 2. The third kappa shape index (κ3) is 4.26. The van der Waals surface area contributed by atoms with Gasteiger partial charge in [-0.05, 0) is 79.9 Å². The molecule has 27 heavy (non-hydrogen) atoms. The minimum Gasteiger partial charge on any atom is -0.487 e. The van der Waals surface area contributed by atoms with Crippen molar-refractivity contribution in [1.29, 1.82) is 0 Å². The van der Waals surface area contributed by atoms with Crippen LogP contribution >= 0.6 is 43.5 Å². The van der Waals surface area contributed by atoms with Gasteiger partial charge in [-0.1, -0.05) is 24.3 Å². The fourth-order valence-electron chi connectivity index (χ4n) is 2.47. The normalized spacial score (nSPS) is 15.2. The number of nitrogens with zero attached hydrogens (tertiary/aromatic N) is 1. The first-order valence-corrected chi connectivity index (χ1v) is 9.72. The lowest BCUT2D eigenvalue weighted by Gasteiger charge is -2.11. The van der Waals surface area contributed by atoms with Crippen molar-refractivity contribution >= 4 is 67.2 Å². The molecule has 1 N–H and O–H groups in total. The van der Waals surface area contributed by atoms with E-state index in [0.717, 1.165) is 4.90 Å². The van der Waals surface area contributed by atoms with Gasteiger partial charge in [-0.2, -0.15) is 0 Å². The highest BCUT2D eigenvalue weighted by molar-refractivity contribution is 9.11. The van der Waals surface area contributed by atoms with E-state index in [2.05, 4.69) is 43.8 Å². The molecular weight excluding hydrogens is 499 g/mol. The number of hydrogen-bond donors (Lipinski definition) is 1. The second kappa shape index (κ2) is 8.29. The van der Waals surface area contributed by atoms with Gasteiger partial charge < -0.3 is 10.1 Å². The number of anilines is 1. The Labute approximate surface area is 177 Å². The molecule has 0 atom stereocenters. The molecule has 1 aliphatic heterocycles. The second-order valence-corrected chi connectivity index (χ2v) is 7.66. The summed E-state index contributed by atoms with van der Waals surface area (Å²) in [5.74, 6) is 0.183. The quantitative estimate of drug-likeness (QED) is 0.326. The van der Waals surface area contributed by atoms with Gasteiger partial charge in [-0.25, -0.2) is 9.69 Å². The van der Waals surface area contributed by atoms with E-state index >= 15 is 0 Å². The molecular formula is C19H13Br2ClN2O3. The van der Waals surface area contributed by atoms with E-state index in [1.54, 1.807) is 48.6 Å². The van der Waals surface area contributed by atoms with Gasteiger partial charge in [0.1, 0.15) is 18.1 Å². The number of halogens is 3. The summed E-state index contributed by atoms with van der Waals surface area (Å²) in [4.78, 5) is 26.0. The Morgan fingerprint density at radius 2 is 1.78 bits per heavy atom. The third-order valence-corrected chi connectivity index (χ3v) is 5.07. The highest BCUT2D eigenvalue weighted by atomic mass is 79.9. The largest absolute Gasteiger partial charge is 0.487 e. The Balaban J connectivity index is 1.89. The van der Waals surface area contributed by atoms with Crippen LogP contribution in [0.5, 0.6) is 5.75 Å². The average Bonchev–Trinajstić information content (AvgIpc) is 2.89. The molecule has 1 heterocycles. The molecule has 3 rings (SSSR count). The Kier molecular flexibility index (Phi) is 6.04. The highest BCUT2D eigenvalue weighted by Crippen LogP contribution is 2.35. The summed E-state index contributed by atoms with van der Waals surface area (Å²) in [7, 11) is 0. The molecule has 2 aromatic rings. The van der Waals surface area contributed by atoms with Crippen molar-refractivity contribution < 1.29 is 14.3 Å². The summed E-state index contributed by atoms with van der Waals surface area (Å²) >= 11 is 12.8. The van der Waals surface area contributed by atoms with Gasteiger partial charge in [0.25, 0.3) is 5.91 Å². The minimum absolute atomic E-state index is 0.175. The Bertz CT molecular complexity index is 935. The summed E-state index contributed by atoms with van der Waals surface area (Å²) in [5, 5.41) is 3.12. The maximum Gasteiger partial charge on any atom is 0.333 e. The molecule has 8 heteroatoms.